The van der Waals surface area contributed by atoms with Crippen molar-refractivity contribution in [3.63, 3.8) is 0 Å². The van der Waals surface area contributed by atoms with E-state index in [9.17, 15) is 13.5 Å². The Labute approximate surface area is 107 Å². The maximum absolute atomic E-state index is 12.6. The Morgan fingerprint density at radius 3 is 2.83 bits per heavy atom. The Morgan fingerprint density at radius 1 is 1.44 bits per heavy atom. The number of aliphatic hydroxyl groups is 1. The van der Waals surface area contributed by atoms with Crippen molar-refractivity contribution in [3.8, 4) is 0 Å². The lowest BCUT2D eigenvalue weighted by molar-refractivity contribution is 0.213. The SMILES string of the molecule is CNc1ccccc1S(=O)(=O)N1CCCC1CO. The van der Waals surface area contributed by atoms with E-state index >= 15 is 0 Å². The number of hydrogen-bond donors (Lipinski definition) is 2. The van der Waals surface area contributed by atoms with Crippen LogP contribution in [-0.2, 0) is 10.0 Å². The predicted octanol–water partition coefficient (Wildman–Crippen LogP) is 0.874. The van der Waals surface area contributed by atoms with Gasteiger partial charge in [0.05, 0.1) is 12.3 Å². The highest BCUT2D eigenvalue weighted by atomic mass is 32.2. The summed E-state index contributed by atoms with van der Waals surface area (Å²) < 4.78 is 26.5. The number of para-hydroxylation sites is 1. The molecule has 0 saturated carbocycles. The van der Waals surface area contributed by atoms with E-state index < -0.39 is 10.0 Å². The molecule has 0 spiro atoms. The Kier molecular flexibility index (Phi) is 3.89. The third-order valence-electron chi connectivity index (χ3n) is 3.28. The summed E-state index contributed by atoms with van der Waals surface area (Å²) in [5.41, 5.74) is 0.584. The molecule has 0 amide bonds. The van der Waals surface area contributed by atoms with Crippen molar-refractivity contribution in [2.45, 2.75) is 23.8 Å². The highest BCUT2D eigenvalue weighted by Gasteiger charge is 2.35. The quantitative estimate of drug-likeness (QED) is 0.852. The van der Waals surface area contributed by atoms with Crippen molar-refractivity contribution in [2.75, 3.05) is 25.5 Å². The molecule has 0 radical (unpaired) electrons. The number of nitrogens with zero attached hydrogens (tertiary/aromatic N) is 1. The van der Waals surface area contributed by atoms with Crippen molar-refractivity contribution < 1.29 is 13.5 Å². The molecule has 6 heteroatoms. The van der Waals surface area contributed by atoms with Gasteiger partial charge >= 0.3 is 0 Å². The second-order valence-corrected chi connectivity index (χ2v) is 6.20. The van der Waals surface area contributed by atoms with Crippen LogP contribution in [0.4, 0.5) is 5.69 Å². The van der Waals surface area contributed by atoms with Gasteiger partial charge in [0.1, 0.15) is 4.90 Å². The molecule has 1 saturated heterocycles. The van der Waals surface area contributed by atoms with Gasteiger partial charge in [-0.3, -0.25) is 0 Å². The van der Waals surface area contributed by atoms with Gasteiger partial charge in [-0.15, -0.1) is 0 Å². The zero-order chi connectivity index (χ0) is 13.2. The maximum Gasteiger partial charge on any atom is 0.245 e. The van der Waals surface area contributed by atoms with E-state index in [0.29, 0.717) is 12.2 Å². The minimum Gasteiger partial charge on any atom is -0.395 e. The van der Waals surface area contributed by atoms with Gasteiger partial charge in [-0.25, -0.2) is 8.42 Å². The summed E-state index contributed by atoms with van der Waals surface area (Å²) >= 11 is 0. The molecule has 0 bridgehead atoms. The largest absolute Gasteiger partial charge is 0.395 e. The fraction of sp³-hybridized carbons (Fsp3) is 0.500. The van der Waals surface area contributed by atoms with E-state index in [0.717, 1.165) is 12.8 Å². The van der Waals surface area contributed by atoms with Gasteiger partial charge in [0, 0.05) is 19.6 Å². The minimum absolute atomic E-state index is 0.124. The molecule has 0 aliphatic carbocycles. The van der Waals surface area contributed by atoms with Crippen molar-refractivity contribution in [1.82, 2.24) is 4.31 Å². The molecule has 1 aliphatic heterocycles. The third kappa shape index (κ3) is 2.23. The normalized spacial score (nSPS) is 21.1. The van der Waals surface area contributed by atoms with Gasteiger partial charge in [-0.2, -0.15) is 4.31 Å². The van der Waals surface area contributed by atoms with E-state index in [2.05, 4.69) is 5.32 Å². The first kappa shape index (κ1) is 13.3. The molecule has 1 unspecified atom stereocenters. The number of nitrogens with one attached hydrogen (secondary N) is 1. The molecule has 5 nitrogen and oxygen atoms in total. The highest BCUT2D eigenvalue weighted by Crippen LogP contribution is 2.29. The molecule has 2 N–H and O–H groups in total. The van der Waals surface area contributed by atoms with Gasteiger partial charge in [0.2, 0.25) is 10.0 Å². The molecule has 1 aliphatic rings. The molecule has 1 fully saturated rings. The number of rotatable bonds is 4. The summed E-state index contributed by atoms with van der Waals surface area (Å²) in [6, 6.07) is 6.53. The third-order valence-corrected chi connectivity index (χ3v) is 5.29. The van der Waals surface area contributed by atoms with E-state index in [-0.39, 0.29) is 17.5 Å². The zero-order valence-corrected chi connectivity index (χ0v) is 11.2. The van der Waals surface area contributed by atoms with Crippen LogP contribution in [0, 0.1) is 0 Å². The number of aliphatic hydroxyl groups excluding tert-OH is 1. The summed E-state index contributed by atoms with van der Waals surface area (Å²) in [6.07, 6.45) is 1.52. The van der Waals surface area contributed by atoms with E-state index in [1.165, 1.54) is 4.31 Å². The molecule has 1 atom stereocenters. The molecule has 1 heterocycles. The first-order valence-electron chi connectivity index (χ1n) is 6.00. The van der Waals surface area contributed by atoms with Crippen LogP contribution in [0.5, 0.6) is 0 Å². The molecule has 100 valence electrons. The second kappa shape index (κ2) is 5.26. The Hall–Kier alpha value is -1.11. The summed E-state index contributed by atoms with van der Waals surface area (Å²) in [6.45, 7) is 0.354. The van der Waals surface area contributed by atoms with Crippen LogP contribution >= 0.6 is 0 Å². The fourth-order valence-electron chi connectivity index (χ4n) is 2.33. The van der Waals surface area contributed by atoms with Crippen LogP contribution in [0.3, 0.4) is 0 Å². The number of hydrogen-bond acceptors (Lipinski definition) is 4. The molecule has 1 aromatic rings. The monoisotopic (exact) mass is 270 g/mol. The topological polar surface area (TPSA) is 69.6 Å². The first-order chi connectivity index (χ1) is 8.61. The van der Waals surface area contributed by atoms with Crippen molar-refractivity contribution in [2.24, 2.45) is 0 Å². The van der Waals surface area contributed by atoms with E-state index in [1.807, 2.05) is 0 Å². The van der Waals surface area contributed by atoms with Gasteiger partial charge < -0.3 is 10.4 Å². The molecule has 2 rings (SSSR count). The van der Waals surface area contributed by atoms with Gasteiger partial charge in [-0.05, 0) is 25.0 Å². The van der Waals surface area contributed by atoms with E-state index in [1.54, 1.807) is 31.3 Å². The predicted molar refractivity (Wildman–Crippen MR) is 70.0 cm³/mol. The lowest BCUT2D eigenvalue weighted by Crippen LogP contribution is -2.37. The fourth-order valence-corrected chi connectivity index (χ4v) is 4.22. The minimum atomic E-state index is -3.53. The summed E-state index contributed by atoms with van der Waals surface area (Å²) in [7, 11) is -1.84. The van der Waals surface area contributed by atoms with Crippen LogP contribution in [0.25, 0.3) is 0 Å². The average Bonchev–Trinajstić information content (AvgIpc) is 2.87. The van der Waals surface area contributed by atoms with Crippen molar-refractivity contribution in [1.29, 1.82) is 0 Å². The summed E-state index contributed by atoms with van der Waals surface area (Å²) in [4.78, 5) is 0.271. The van der Waals surface area contributed by atoms with Crippen molar-refractivity contribution >= 4 is 15.7 Å². The van der Waals surface area contributed by atoms with Gasteiger partial charge in [-0.1, -0.05) is 12.1 Å². The Morgan fingerprint density at radius 2 is 2.17 bits per heavy atom. The van der Waals surface area contributed by atoms with Gasteiger partial charge in [0.15, 0.2) is 0 Å². The van der Waals surface area contributed by atoms with Crippen LogP contribution in [0.2, 0.25) is 0 Å². The van der Waals surface area contributed by atoms with Crippen molar-refractivity contribution in [3.05, 3.63) is 24.3 Å². The molecule has 0 aromatic heterocycles. The standard InChI is InChI=1S/C12H18N2O3S/c1-13-11-6-2-3-7-12(11)18(16,17)14-8-4-5-10(14)9-15/h2-3,6-7,10,13,15H,4-5,8-9H2,1H3. The van der Waals surface area contributed by atoms with Crippen LogP contribution < -0.4 is 5.32 Å². The van der Waals surface area contributed by atoms with Crippen LogP contribution in [0.15, 0.2) is 29.2 Å². The molecular formula is C12H18N2O3S. The zero-order valence-electron chi connectivity index (χ0n) is 10.3. The Bertz CT molecular complexity index is 516. The molecular weight excluding hydrogens is 252 g/mol. The number of sulfonamides is 1. The second-order valence-electron chi connectivity index (χ2n) is 4.34. The molecule has 1 aromatic carbocycles. The van der Waals surface area contributed by atoms with Crippen LogP contribution in [-0.4, -0.2) is 44.1 Å². The number of anilines is 1. The first-order valence-corrected chi connectivity index (χ1v) is 7.44. The summed E-state index contributed by atoms with van der Waals surface area (Å²) in [5.74, 6) is 0. The lowest BCUT2D eigenvalue weighted by atomic mass is 10.2. The number of benzene rings is 1. The maximum atomic E-state index is 12.6. The lowest BCUT2D eigenvalue weighted by Gasteiger charge is -2.23. The highest BCUT2D eigenvalue weighted by molar-refractivity contribution is 7.89. The summed E-state index contributed by atoms with van der Waals surface area (Å²) in [5, 5.41) is 12.1. The smallest absolute Gasteiger partial charge is 0.245 e. The molecule has 18 heavy (non-hydrogen) atoms. The Balaban J connectivity index is 2.42. The van der Waals surface area contributed by atoms with Crippen LogP contribution in [0.1, 0.15) is 12.8 Å². The van der Waals surface area contributed by atoms with E-state index in [4.69, 9.17) is 0 Å². The average molecular weight is 270 g/mol. The van der Waals surface area contributed by atoms with Gasteiger partial charge in [0.25, 0.3) is 0 Å².